The Bertz CT molecular complexity index is 281. The van der Waals surface area contributed by atoms with Crippen LogP contribution in [0.25, 0.3) is 0 Å². The van der Waals surface area contributed by atoms with Gasteiger partial charge in [-0.05, 0) is 19.8 Å². The number of aromatic nitrogens is 2. The van der Waals surface area contributed by atoms with E-state index in [-0.39, 0.29) is 0 Å². The Kier molecular flexibility index (Phi) is 3.10. The van der Waals surface area contributed by atoms with E-state index < -0.39 is 0 Å². The standard InChI is InChI=1S/C9H15N3O2/c1-7-9(12-14-11-7)5-10-8-3-2-4-13-6-8/h8,10H,2-6H2,1H3/t8-/m1/s1. The number of ether oxygens (including phenoxy) is 1. The zero-order valence-electron chi connectivity index (χ0n) is 8.32. The Morgan fingerprint density at radius 2 is 2.43 bits per heavy atom. The number of aryl methyl sites for hydroxylation is 1. The Hall–Kier alpha value is -0.940. The molecule has 1 fully saturated rings. The van der Waals surface area contributed by atoms with Crippen LogP contribution in [0.2, 0.25) is 0 Å². The van der Waals surface area contributed by atoms with Gasteiger partial charge in [0.05, 0.1) is 6.61 Å². The van der Waals surface area contributed by atoms with Crippen molar-refractivity contribution in [3.63, 3.8) is 0 Å². The summed E-state index contributed by atoms with van der Waals surface area (Å²) in [5, 5.41) is 10.9. The second-order valence-electron chi connectivity index (χ2n) is 3.59. The summed E-state index contributed by atoms with van der Waals surface area (Å²) < 4.78 is 9.97. The summed E-state index contributed by atoms with van der Waals surface area (Å²) in [6.45, 7) is 4.29. The fraction of sp³-hybridized carbons (Fsp3) is 0.778. The van der Waals surface area contributed by atoms with E-state index in [4.69, 9.17) is 4.74 Å². The topological polar surface area (TPSA) is 60.2 Å². The second-order valence-corrected chi connectivity index (χ2v) is 3.59. The normalized spacial score (nSPS) is 22.5. The Morgan fingerprint density at radius 3 is 3.07 bits per heavy atom. The first kappa shape index (κ1) is 9.61. The molecule has 0 spiro atoms. The van der Waals surface area contributed by atoms with E-state index in [0.717, 1.165) is 31.0 Å². The largest absolute Gasteiger partial charge is 0.380 e. The predicted octanol–water partition coefficient (Wildman–Crippen LogP) is 0.647. The Morgan fingerprint density at radius 1 is 1.50 bits per heavy atom. The second kappa shape index (κ2) is 4.52. The van der Waals surface area contributed by atoms with Gasteiger partial charge in [-0.1, -0.05) is 10.3 Å². The highest BCUT2D eigenvalue weighted by atomic mass is 16.6. The first-order chi connectivity index (χ1) is 6.86. The van der Waals surface area contributed by atoms with Crippen molar-refractivity contribution in [2.75, 3.05) is 13.2 Å². The molecule has 1 aromatic rings. The quantitative estimate of drug-likeness (QED) is 0.770. The van der Waals surface area contributed by atoms with Gasteiger partial charge < -0.3 is 10.1 Å². The van der Waals surface area contributed by atoms with E-state index in [1.54, 1.807) is 0 Å². The fourth-order valence-electron chi connectivity index (χ4n) is 1.55. The number of nitrogens with zero attached hydrogens (tertiary/aromatic N) is 2. The third-order valence-electron chi connectivity index (χ3n) is 2.46. The van der Waals surface area contributed by atoms with Crippen LogP contribution >= 0.6 is 0 Å². The van der Waals surface area contributed by atoms with Crippen LogP contribution in [0, 0.1) is 6.92 Å². The van der Waals surface area contributed by atoms with Crippen LogP contribution in [-0.2, 0) is 11.3 Å². The van der Waals surface area contributed by atoms with E-state index in [1.165, 1.54) is 6.42 Å². The van der Waals surface area contributed by atoms with Crippen LogP contribution in [-0.4, -0.2) is 29.6 Å². The zero-order chi connectivity index (χ0) is 9.80. The minimum atomic E-state index is 0.444. The molecule has 5 nitrogen and oxygen atoms in total. The zero-order valence-corrected chi connectivity index (χ0v) is 8.32. The summed E-state index contributed by atoms with van der Waals surface area (Å²) >= 11 is 0. The molecule has 1 N–H and O–H groups in total. The molecule has 0 amide bonds. The predicted molar refractivity (Wildman–Crippen MR) is 49.7 cm³/mol. The average molecular weight is 197 g/mol. The summed E-state index contributed by atoms with van der Waals surface area (Å²) in [4.78, 5) is 0. The summed E-state index contributed by atoms with van der Waals surface area (Å²) in [6, 6.07) is 0.444. The van der Waals surface area contributed by atoms with Crippen molar-refractivity contribution < 1.29 is 9.37 Å². The number of hydrogen-bond donors (Lipinski definition) is 1. The lowest BCUT2D eigenvalue weighted by Crippen LogP contribution is -2.36. The summed E-state index contributed by atoms with van der Waals surface area (Å²) in [5.41, 5.74) is 1.74. The lowest BCUT2D eigenvalue weighted by molar-refractivity contribution is 0.0697. The van der Waals surface area contributed by atoms with E-state index in [0.29, 0.717) is 12.6 Å². The molecule has 78 valence electrons. The number of hydrogen-bond acceptors (Lipinski definition) is 5. The van der Waals surface area contributed by atoms with Crippen molar-refractivity contribution in [3.8, 4) is 0 Å². The van der Waals surface area contributed by atoms with Crippen LogP contribution in [0.1, 0.15) is 24.2 Å². The van der Waals surface area contributed by atoms with Crippen LogP contribution in [0.3, 0.4) is 0 Å². The van der Waals surface area contributed by atoms with Crippen molar-refractivity contribution in [2.24, 2.45) is 0 Å². The van der Waals surface area contributed by atoms with E-state index in [2.05, 4.69) is 20.3 Å². The highest BCUT2D eigenvalue weighted by molar-refractivity contribution is 5.04. The van der Waals surface area contributed by atoms with Crippen molar-refractivity contribution >= 4 is 0 Å². The molecule has 1 saturated heterocycles. The smallest absolute Gasteiger partial charge is 0.121 e. The number of nitrogens with one attached hydrogen (secondary N) is 1. The first-order valence-corrected chi connectivity index (χ1v) is 4.95. The summed E-state index contributed by atoms with van der Waals surface area (Å²) in [7, 11) is 0. The molecule has 0 radical (unpaired) electrons. The average Bonchev–Trinajstić information content (AvgIpc) is 2.63. The Labute approximate surface area is 82.8 Å². The molecule has 14 heavy (non-hydrogen) atoms. The molecule has 0 aliphatic carbocycles. The van der Waals surface area contributed by atoms with Gasteiger partial charge in [-0.25, -0.2) is 4.63 Å². The highest BCUT2D eigenvalue weighted by Gasteiger charge is 2.14. The van der Waals surface area contributed by atoms with Crippen molar-refractivity contribution in [2.45, 2.75) is 32.4 Å². The molecule has 2 rings (SSSR count). The monoisotopic (exact) mass is 197 g/mol. The van der Waals surface area contributed by atoms with Gasteiger partial charge in [0.1, 0.15) is 11.4 Å². The molecule has 0 saturated carbocycles. The van der Waals surface area contributed by atoms with Gasteiger partial charge in [0, 0.05) is 19.2 Å². The molecule has 1 aliphatic heterocycles. The highest BCUT2D eigenvalue weighted by Crippen LogP contribution is 2.07. The van der Waals surface area contributed by atoms with Crippen molar-refractivity contribution in [1.82, 2.24) is 15.6 Å². The fourth-order valence-corrected chi connectivity index (χ4v) is 1.55. The molecule has 1 aromatic heterocycles. The molecule has 1 aliphatic rings. The van der Waals surface area contributed by atoms with Crippen molar-refractivity contribution in [3.05, 3.63) is 11.4 Å². The molecule has 0 unspecified atom stereocenters. The molecule has 1 atom stereocenters. The maximum atomic E-state index is 5.36. The third-order valence-corrected chi connectivity index (χ3v) is 2.46. The van der Waals surface area contributed by atoms with Gasteiger partial charge in [0.25, 0.3) is 0 Å². The van der Waals surface area contributed by atoms with E-state index in [1.807, 2.05) is 6.92 Å². The minimum absolute atomic E-state index is 0.444. The molecular formula is C9H15N3O2. The van der Waals surface area contributed by atoms with Crippen LogP contribution in [0.4, 0.5) is 0 Å². The lowest BCUT2D eigenvalue weighted by atomic mass is 10.1. The van der Waals surface area contributed by atoms with E-state index >= 15 is 0 Å². The van der Waals surface area contributed by atoms with Crippen LogP contribution < -0.4 is 5.32 Å². The third kappa shape index (κ3) is 2.30. The SMILES string of the molecule is Cc1nonc1CN[C@@H]1CCCOC1. The van der Waals surface area contributed by atoms with Gasteiger partial charge >= 0.3 is 0 Å². The molecule has 0 aromatic carbocycles. The summed E-state index contributed by atoms with van der Waals surface area (Å²) in [6.07, 6.45) is 2.30. The van der Waals surface area contributed by atoms with E-state index in [9.17, 15) is 0 Å². The minimum Gasteiger partial charge on any atom is -0.380 e. The first-order valence-electron chi connectivity index (χ1n) is 4.95. The summed E-state index contributed by atoms with van der Waals surface area (Å²) in [5.74, 6) is 0. The number of rotatable bonds is 3. The van der Waals surface area contributed by atoms with Gasteiger partial charge in [-0.3, -0.25) is 0 Å². The molecule has 5 heteroatoms. The van der Waals surface area contributed by atoms with Crippen LogP contribution in [0.15, 0.2) is 4.63 Å². The van der Waals surface area contributed by atoms with Crippen molar-refractivity contribution in [1.29, 1.82) is 0 Å². The maximum absolute atomic E-state index is 5.36. The van der Waals surface area contributed by atoms with Gasteiger partial charge in [-0.2, -0.15) is 0 Å². The molecular weight excluding hydrogens is 182 g/mol. The van der Waals surface area contributed by atoms with Gasteiger partial charge in [-0.15, -0.1) is 0 Å². The van der Waals surface area contributed by atoms with Gasteiger partial charge in [0.15, 0.2) is 0 Å². The van der Waals surface area contributed by atoms with Crippen LogP contribution in [0.5, 0.6) is 0 Å². The molecule has 0 bridgehead atoms. The lowest BCUT2D eigenvalue weighted by Gasteiger charge is -2.22. The van der Waals surface area contributed by atoms with Gasteiger partial charge in [0.2, 0.25) is 0 Å². The molecule has 2 heterocycles. The maximum Gasteiger partial charge on any atom is 0.121 e. The Balaban J connectivity index is 1.79.